The van der Waals surface area contributed by atoms with Crippen LogP contribution >= 0.6 is 0 Å². The topological polar surface area (TPSA) is 32.3 Å². The monoisotopic (exact) mass is 258 g/mol. The Hall–Kier alpha value is -1.77. The molecule has 0 atom stereocenters. The summed E-state index contributed by atoms with van der Waals surface area (Å²) < 4.78 is 0. The first-order chi connectivity index (χ1) is 9.22. The minimum absolute atomic E-state index is 0.0406. The maximum atomic E-state index is 11.6. The number of para-hydroxylation sites is 1. The predicted molar refractivity (Wildman–Crippen MR) is 79.8 cm³/mol. The maximum absolute atomic E-state index is 11.6. The van der Waals surface area contributed by atoms with Crippen molar-refractivity contribution in [2.75, 3.05) is 18.4 Å². The molecule has 19 heavy (non-hydrogen) atoms. The first-order valence-corrected chi connectivity index (χ1v) is 7.05. The Morgan fingerprint density at radius 3 is 2.63 bits per heavy atom. The van der Waals surface area contributed by atoms with Gasteiger partial charge >= 0.3 is 0 Å². The molecule has 0 aliphatic carbocycles. The molecular formula is C16H22N2O. The van der Waals surface area contributed by atoms with E-state index in [-0.39, 0.29) is 5.91 Å². The second kappa shape index (κ2) is 6.41. The van der Waals surface area contributed by atoms with Crippen molar-refractivity contribution in [3.63, 3.8) is 0 Å². The molecule has 0 spiro atoms. The molecule has 0 saturated carbocycles. The van der Waals surface area contributed by atoms with Crippen LogP contribution in [0.4, 0.5) is 5.69 Å². The van der Waals surface area contributed by atoms with E-state index in [0.29, 0.717) is 6.42 Å². The van der Waals surface area contributed by atoms with Crippen LogP contribution in [-0.4, -0.2) is 23.9 Å². The average Bonchev–Trinajstić information content (AvgIpc) is 2.48. The lowest BCUT2D eigenvalue weighted by Crippen LogP contribution is -2.28. The number of benzene rings is 1. The Bertz CT molecular complexity index is 462. The molecular weight excluding hydrogens is 236 g/mol. The Balaban J connectivity index is 2.18. The second-order valence-corrected chi connectivity index (χ2v) is 4.94. The van der Waals surface area contributed by atoms with Crippen molar-refractivity contribution < 1.29 is 4.79 Å². The molecule has 0 radical (unpaired) electrons. The Morgan fingerprint density at radius 2 is 1.95 bits per heavy atom. The fourth-order valence-corrected chi connectivity index (χ4v) is 2.42. The van der Waals surface area contributed by atoms with Crippen molar-refractivity contribution in [1.82, 2.24) is 4.90 Å². The first kappa shape index (κ1) is 13.7. The van der Waals surface area contributed by atoms with Gasteiger partial charge in [0.15, 0.2) is 0 Å². The molecule has 0 unspecified atom stereocenters. The van der Waals surface area contributed by atoms with Crippen LogP contribution in [0.1, 0.15) is 38.2 Å². The summed E-state index contributed by atoms with van der Waals surface area (Å²) in [6.07, 6.45) is 4.24. The molecule has 0 bridgehead atoms. The molecule has 1 amide bonds. The molecule has 1 fully saturated rings. The van der Waals surface area contributed by atoms with Gasteiger partial charge in [-0.05, 0) is 25.3 Å². The first-order valence-electron chi connectivity index (χ1n) is 7.05. The van der Waals surface area contributed by atoms with Gasteiger partial charge in [-0.15, -0.1) is 0 Å². The minimum atomic E-state index is 0.0406. The van der Waals surface area contributed by atoms with E-state index in [1.54, 1.807) is 0 Å². The lowest BCUT2D eigenvalue weighted by atomic mass is 10.1. The van der Waals surface area contributed by atoms with E-state index in [1.165, 1.54) is 19.3 Å². The molecule has 1 saturated heterocycles. The highest BCUT2D eigenvalue weighted by atomic mass is 16.1. The van der Waals surface area contributed by atoms with Gasteiger partial charge in [-0.1, -0.05) is 31.7 Å². The lowest BCUT2D eigenvalue weighted by molar-refractivity contribution is -0.115. The zero-order valence-electron chi connectivity index (χ0n) is 11.6. The number of hydrogen-bond acceptors (Lipinski definition) is 2. The van der Waals surface area contributed by atoms with Gasteiger partial charge in [-0.3, -0.25) is 4.79 Å². The number of nitrogens with one attached hydrogen (secondary N) is 1. The summed E-state index contributed by atoms with van der Waals surface area (Å²) in [7, 11) is 0. The average molecular weight is 258 g/mol. The summed E-state index contributed by atoms with van der Waals surface area (Å²) in [5.41, 5.74) is 2.92. The number of hydrogen-bond donors (Lipinski definition) is 1. The summed E-state index contributed by atoms with van der Waals surface area (Å²) >= 11 is 0. The van der Waals surface area contributed by atoms with Gasteiger partial charge in [-0.25, -0.2) is 0 Å². The van der Waals surface area contributed by atoms with Gasteiger partial charge in [0.1, 0.15) is 0 Å². The number of piperidine rings is 1. The molecule has 3 heteroatoms. The Morgan fingerprint density at radius 1 is 1.26 bits per heavy atom. The van der Waals surface area contributed by atoms with Crippen molar-refractivity contribution >= 4 is 17.3 Å². The molecule has 1 heterocycles. The normalized spacial score (nSPS) is 15.1. The van der Waals surface area contributed by atoms with Crippen LogP contribution in [0.25, 0.3) is 5.70 Å². The van der Waals surface area contributed by atoms with Crippen LogP contribution < -0.4 is 5.32 Å². The standard InChI is InChI=1S/C16H22N2O/c1-3-16(19)17-15-10-6-5-9-14(15)13(2)18-11-7-4-8-12-18/h5-6,9-10H,2-4,7-8,11-12H2,1H3,(H,17,19). The van der Waals surface area contributed by atoms with Crippen LogP contribution in [0.3, 0.4) is 0 Å². The molecule has 1 aromatic rings. The maximum Gasteiger partial charge on any atom is 0.224 e. The van der Waals surface area contributed by atoms with Crippen molar-refractivity contribution in [3.8, 4) is 0 Å². The number of anilines is 1. The van der Waals surface area contributed by atoms with Crippen LogP contribution in [0.2, 0.25) is 0 Å². The van der Waals surface area contributed by atoms with E-state index >= 15 is 0 Å². The zero-order valence-corrected chi connectivity index (χ0v) is 11.6. The van der Waals surface area contributed by atoms with Gasteiger partial charge in [-0.2, -0.15) is 0 Å². The largest absolute Gasteiger partial charge is 0.371 e. The Kier molecular flexibility index (Phi) is 4.61. The quantitative estimate of drug-likeness (QED) is 0.896. The number of carbonyl (C=O) groups is 1. The van der Waals surface area contributed by atoms with Gasteiger partial charge in [0, 0.05) is 30.8 Å². The van der Waals surface area contributed by atoms with Crippen LogP contribution in [-0.2, 0) is 4.79 Å². The second-order valence-electron chi connectivity index (χ2n) is 4.94. The smallest absolute Gasteiger partial charge is 0.224 e. The molecule has 1 aliphatic rings. The van der Waals surface area contributed by atoms with E-state index in [0.717, 1.165) is 30.0 Å². The molecule has 2 rings (SSSR count). The van der Waals surface area contributed by atoms with Crippen molar-refractivity contribution in [2.45, 2.75) is 32.6 Å². The molecule has 3 nitrogen and oxygen atoms in total. The third kappa shape index (κ3) is 3.37. The van der Waals surface area contributed by atoms with Gasteiger partial charge in [0.05, 0.1) is 5.69 Å². The van der Waals surface area contributed by atoms with Crippen molar-refractivity contribution in [1.29, 1.82) is 0 Å². The number of likely N-dealkylation sites (tertiary alicyclic amines) is 1. The summed E-state index contributed by atoms with van der Waals surface area (Å²) in [5.74, 6) is 0.0406. The summed E-state index contributed by atoms with van der Waals surface area (Å²) in [6, 6.07) is 7.91. The highest BCUT2D eigenvalue weighted by Crippen LogP contribution is 2.27. The SMILES string of the molecule is C=C(c1ccccc1NC(=O)CC)N1CCCCC1. The summed E-state index contributed by atoms with van der Waals surface area (Å²) in [5, 5.41) is 2.95. The molecule has 1 aliphatic heterocycles. The number of rotatable bonds is 4. The number of carbonyl (C=O) groups excluding carboxylic acids is 1. The lowest BCUT2D eigenvalue weighted by Gasteiger charge is -2.31. The molecule has 1 aromatic carbocycles. The van der Waals surface area contributed by atoms with Gasteiger partial charge in [0.2, 0.25) is 5.91 Å². The van der Waals surface area contributed by atoms with Crippen LogP contribution in [0.15, 0.2) is 30.8 Å². The van der Waals surface area contributed by atoms with E-state index in [2.05, 4.69) is 16.8 Å². The summed E-state index contributed by atoms with van der Waals surface area (Å²) in [4.78, 5) is 13.9. The predicted octanol–water partition coefficient (Wildman–Crippen LogP) is 3.49. The summed E-state index contributed by atoms with van der Waals surface area (Å²) in [6.45, 7) is 8.20. The van der Waals surface area contributed by atoms with Crippen molar-refractivity contribution in [2.24, 2.45) is 0 Å². The molecule has 1 N–H and O–H groups in total. The third-order valence-corrected chi connectivity index (χ3v) is 3.57. The van der Waals surface area contributed by atoms with Crippen molar-refractivity contribution in [3.05, 3.63) is 36.4 Å². The molecule has 102 valence electrons. The fraction of sp³-hybridized carbons (Fsp3) is 0.438. The van der Waals surface area contributed by atoms with E-state index in [4.69, 9.17) is 0 Å². The highest BCUT2D eigenvalue weighted by Gasteiger charge is 2.16. The highest BCUT2D eigenvalue weighted by molar-refractivity contribution is 5.93. The van der Waals surface area contributed by atoms with Crippen LogP contribution in [0.5, 0.6) is 0 Å². The minimum Gasteiger partial charge on any atom is -0.371 e. The number of amides is 1. The fourth-order valence-electron chi connectivity index (χ4n) is 2.42. The van der Waals surface area contributed by atoms with E-state index < -0.39 is 0 Å². The van der Waals surface area contributed by atoms with Crippen LogP contribution in [0, 0.1) is 0 Å². The van der Waals surface area contributed by atoms with Gasteiger partial charge in [0.25, 0.3) is 0 Å². The van der Waals surface area contributed by atoms with Gasteiger partial charge < -0.3 is 10.2 Å². The molecule has 0 aromatic heterocycles. The van der Waals surface area contributed by atoms with E-state index in [9.17, 15) is 4.79 Å². The Labute approximate surface area is 115 Å². The number of nitrogens with zero attached hydrogens (tertiary/aromatic N) is 1. The zero-order chi connectivity index (χ0) is 13.7. The van der Waals surface area contributed by atoms with E-state index in [1.807, 2.05) is 31.2 Å². The third-order valence-electron chi connectivity index (χ3n) is 3.57.